The van der Waals surface area contributed by atoms with Gasteiger partial charge in [0.25, 0.3) is 0 Å². The molecule has 1 rings (SSSR count). The molecule has 0 fully saturated rings. The van der Waals surface area contributed by atoms with Gasteiger partial charge in [0, 0.05) is 18.8 Å². The van der Waals surface area contributed by atoms with E-state index in [0.29, 0.717) is 0 Å². The highest BCUT2D eigenvalue weighted by atomic mass is 16.2. The molecule has 0 N–H and O–H groups in total. The maximum atomic E-state index is 11.7. The molecule has 1 aliphatic heterocycles. The van der Waals surface area contributed by atoms with E-state index in [1.54, 1.807) is 17.1 Å². The van der Waals surface area contributed by atoms with Gasteiger partial charge in [-0.2, -0.15) is 0 Å². The third kappa shape index (κ3) is 5.71. The maximum absolute atomic E-state index is 11.7. The van der Waals surface area contributed by atoms with Gasteiger partial charge in [0.2, 0.25) is 5.91 Å². The van der Waals surface area contributed by atoms with Crippen molar-refractivity contribution in [1.29, 1.82) is 0 Å². The predicted octanol–water partition coefficient (Wildman–Crippen LogP) is 3.37. The fourth-order valence-electron chi connectivity index (χ4n) is 1.44. The lowest BCUT2D eigenvalue weighted by Gasteiger charge is -2.19. The second kappa shape index (κ2) is 8.34. The summed E-state index contributed by atoms with van der Waals surface area (Å²) in [6, 6.07) is 0. The monoisotopic (exact) mass is 229 g/mol. The third-order valence-corrected chi connectivity index (χ3v) is 2.33. The highest BCUT2D eigenvalue weighted by Gasteiger charge is 2.08. The first-order valence-electron chi connectivity index (χ1n) is 5.94. The summed E-state index contributed by atoms with van der Waals surface area (Å²) < 4.78 is 0. The van der Waals surface area contributed by atoms with Crippen LogP contribution in [0.3, 0.4) is 0 Å². The van der Waals surface area contributed by atoms with Crippen LogP contribution in [-0.2, 0) is 4.79 Å². The molecule has 2 heteroatoms. The van der Waals surface area contributed by atoms with Gasteiger partial charge in [0.1, 0.15) is 0 Å². The Balaban J connectivity index is 2.35. The van der Waals surface area contributed by atoms with Crippen LogP contribution in [0.15, 0.2) is 60.9 Å². The van der Waals surface area contributed by atoms with Gasteiger partial charge < -0.3 is 4.90 Å². The van der Waals surface area contributed by atoms with E-state index in [0.717, 1.165) is 19.4 Å². The quantitative estimate of drug-likeness (QED) is 0.534. The molecule has 2 nitrogen and oxygen atoms in total. The summed E-state index contributed by atoms with van der Waals surface area (Å²) in [5, 5.41) is 0. The summed E-state index contributed by atoms with van der Waals surface area (Å²) in [5.41, 5.74) is 0. The molecule has 90 valence electrons. The number of amides is 1. The molecule has 0 spiro atoms. The van der Waals surface area contributed by atoms with E-state index in [4.69, 9.17) is 0 Å². The molecular formula is C15H19NO. The minimum Gasteiger partial charge on any atom is -0.316 e. The first kappa shape index (κ1) is 13.2. The van der Waals surface area contributed by atoms with E-state index in [1.165, 1.54) is 0 Å². The van der Waals surface area contributed by atoms with Gasteiger partial charge in [-0.15, -0.1) is 0 Å². The average Bonchev–Trinajstić information content (AvgIpc) is 2.38. The molecule has 0 saturated heterocycles. The fraction of sp³-hybridized carbons (Fsp3) is 0.267. The molecule has 1 aliphatic rings. The van der Waals surface area contributed by atoms with Gasteiger partial charge in [-0.3, -0.25) is 4.79 Å². The second-order valence-electron chi connectivity index (χ2n) is 3.71. The van der Waals surface area contributed by atoms with E-state index in [-0.39, 0.29) is 5.91 Å². The van der Waals surface area contributed by atoms with E-state index in [2.05, 4.69) is 0 Å². The largest absolute Gasteiger partial charge is 0.316 e. The Labute approximate surface area is 103 Å². The number of carbonyl (C=O) groups excluding carboxylic acids is 1. The van der Waals surface area contributed by atoms with Crippen molar-refractivity contribution in [2.45, 2.75) is 19.8 Å². The van der Waals surface area contributed by atoms with Crippen LogP contribution >= 0.6 is 0 Å². The highest BCUT2D eigenvalue weighted by molar-refractivity contribution is 5.88. The number of hydrogen-bond acceptors (Lipinski definition) is 1. The molecule has 0 atom stereocenters. The van der Waals surface area contributed by atoms with Crippen LogP contribution < -0.4 is 0 Å². The SMILES string of the molecule is C\C=C/C=C\C=C\C=C\C(=O)N1C=CCCC1. The fourth-order valence-corrected chi connectivity index (χ4v) is 1.44. The molecule has 0 aliphatic carbocycles. The minimum atomic E-state index is 0.0445. The van der Waals surface area contributed by atoms with E-state index >= 15 is 0 Å². The number of rotatable bonds is 4. The molecular weight excluding hydrogens is 210 g/mol. The Kier molecular flexibility index (Phi) is 6.49. The van der Waals surface area contributed by atoms with Crippen molar-refractivity contribution in [1.82, 2.24) is 4.90 Å². The lowest BCUT2D eigenvalue weighted by atomic mass is 10.2. The van der Waals surface area contributed by atoms with Crippen molar-refractivity contribution in [3.63, 3.8) is 0 Å². The molecule has 0 unspecified atom stereocenters. The van der Waals surface area contributed by atoms with Crippen LogP contribution in [0, 0.1) is 0 Å². The van der Waals surface area contributed by atoms with Gasteiger partial charge in [-0.1, -0.05) is 48.6 Å². The Bertz CT molecular complexity index is 372. The van der Waals surface area contributed by atoms with Gasteiger partial charge in [-0.05, 0) is 19.8 Å². The van der Waals surface area contributed by atoms with E-state index < -0.39 is 0 Å². The number of hydrogen-bond donors (Lipinski definition) is 0. The first-order chi connectivity index (χ1) is 8.34. The zero-order valence-corrected chi connectivity index (χ0v) is 10.3. The molecule has 1 amide bonds. The van der Waals surface area contributed by atoms with Crippen molar-refractivity contribution >= 4 is 5.91 Å². The van der Waals surface area contributed by atoms with Crippen molar-refractivity contribution in [3.05, 3.63) is 60.9 Å². The maximum Gasteiger partial charge on any atom is 0.250 e. The predicted molar refractivity (Wildman–Crippen MR) is 72.3 cm³/mol. The Morgan fingerprint density at radius 1 is 1.12 bits per heavy atom. The van der Waals surface area contributed by atoms with Crippen LogP contribution in [0.25, 0.3) is 0 Å². The summed E-state index contributed by atoms with van der Waals surface area (Å²) in [4.78, 5) is 13.4. The Morgan fingerprint density at radius 3 is 2.47 bits per heavy atom. The third-order valence-electron chi connectivity index (χ3n) is 2.33. The summed E-state index contributed by atoms with van der Waals surface area (Å²) in [6.45, 7) is 2.79. The molecule has 17 heavy (non-hydrogen) atoms. The zero-order chi connectivity index (χ0) is 12.3. The molecule has 0 aromatic rings. The lowest BCUT2D eigenvalue weighted by Crippen LogP contribution is -2.26. The minimum absolute atomic E-state index is 0.0445. The number of allylic oxidation sites excluding steroid dienone is 8. The highest BCUT2D eigenvalue weighted by Crippen LogP contribution is 2.05. The first-order valence-corrected chi connectivity index (χ1v) is 5.94. The van der Waals surface area contributed by atoms with Crippen LogP contribution in [0.5, 0.6) is 0 Å². The molecule has 0 saturated carbocycles. The Hall–Kier alpha value is -1.83. The van der Waals surface area contributed by atoms with E-state index in [1.807, 2.05) is 55.7 Å². The van der Waals surface area contributed by atoms with Crippen LogP contribution in [0.1, 0.15) is 19.8 Å². The standard InChI is InChI=1S/C15H19NO/c1-2-3-4-5-6-7-9-12-15(17)16-13-10-8-11-14-16/h2-7,9-10,12-13H,8,11,14H2,1H3/b3-2-,5-4-,7-6+,12-9+. The molecule has 0 radical (unpaired) electrons. The van der Waals surface area contributed by atoms with Gasteiger partial charge in [-0.25, -0.2) is 0 Å². The summed E-state index contributed by atoms with van der Waals surface area (Å²) in [7, 11) is 0. The smallest absolute Gasteiger partial charge is 0.250 e. The van der Waals surface area contributed by atoms with Gasteiger partial charge in [0.05, 0.1) is 0 Å². The topological polar surface area (TPSA) is 20.3 Å². The normalized spacial score (nSPS) is 17.1. The Morgan fingerprint density at radius 2 is 1.82 bits per heavy atom. The van der Waals surface area contributed by atoms with Gasteiger partial charge >= 0.3 is 0 Å². The lowest BCUT2D eigenvalue weighted by molar-refractivity contribution is -0.123. The van der Waals surface area contributed by atoms with Crippen LogP contribution in [0.4, 0.5) is 0 Å². The van der Waals surface area contributed by atoms with Gasteiger partial charge in [0.15, 0.2) is 0 Å². The molecule has 1 heterocycles. The van der Waals surface area contributed by atoms with Crippen molar-refractivity contribution in [3.8, 4) is 0 Å². The van der Waals surface area contributed by atoms with Crippen molar-refractivity contribution in [2.24, 2.45) is 0 Å². The number of carbonyl (C=O) groups is 1. The van der Waals surface area contributed by atoms with Crippen molar-refractivity contribution < 1.29 is 4.79 Å². The van der Waals surface area contributed by atoms with Crippen LogP contribution in [-0.4, -0.2) is 17.4 Å². The van der Waals surface area contributed by atoms with Crippen LogP contribution in [0.2, 0.25) is 0 Å². The summed E-state index contributed by atoms with van der Waals surface area (Å²) in [5.74, 6) is 0.0445. The summed E-state index contributed by atoms with van der Waals surface area (Å²) in [6.07, 6.45) is 20.9. The average molecular weight is 229 g/mol. The molecule has 0 aromatic heterocycles. The second-order valence-corrected chi connectivity index (χ2v) is 3.71. The molecule has 0 aromatic carbocycles. The zero-order valence-electron chi connectivity index (χ0n) is 10.3. The number of nitrogens with zero attached hydrogens (tertiary/aromatic N) is 1. The van der Waals surface area contributed by atoms with Crippen molar-refractivity contribution in [2.75, 3.05) is 6.54 Å². The van der Waals surface area contributed by atoms with E-state index in [9.17, 15) is 4.79 Å². The summed E-state index contributed by atoms with van der Waals surface area (Å²) >= 11 is 0. The molecule has 0 bridgehead atoms.